The van der Waals surface area contributed by atoms with E-state index in [0.717, 1.165) is 20.9 Å². The van der Waals surface area contributed by atoms with Crippen LogP contribution in [0.2, 0.25) is 0 Å². The maximum absolute atomic E-state index is 12.1. The van der Waals surface area contributed by atoms with Crippen LogP contribution in [0.15, 0.2) is 18.2 Å². The summed E-state index contributed by atoms with van der Waals surface area (Å²) in [6, 6.07) is 1.91. The molecule has 20 heavy (non-hydrogen) atoms. The average molecular weight is 293 g/mol. The molecule has 0 aromatic carbocycles. The third kappa shape index (κ3) is 4.60. The molecular weight excluding hydrogens is 270 g/mol. The summed E-state index contributed by atoms with van der Waals surface area (Å²) in [6.45, 7) is 12.8. The number of Topliss-reactive ketones (excluding diaryl/α,β-unsaturated/α-hetero) is 1. The van der Waals surface area contributed by atoms with Crippen LogP contribution in [-0.2, 0) is 4.79 Å². The molecule has 0 saturated carbocycles. The second kappa shape index (κ2) is 7.39. The zero-order chi connectivity index (χ0) is 15.3. The Morgan fingerprint density at radius 2 is 1.95 bits per heavy atom. The Morgan fingerprint density at radius 3 is 2.40 bits per heavy atom. The first-order valence-electron chi connectivity index (χ1n) is 6.87. The van der Waals surface area contributed by atoms with Crippen molar-refractivity contribution < 1.29 is 9.59 Å². The van der Waals surface area contributed by atoms with Gasteiger partial charge in [-0.2, -0.15) is 0 Å². The molecule has 1 heterocycles. The minimum Gasteiger partial charge on any atom is -0.339 e. The van der Waals surface area contributed by atoms with Crippen molar-refractivity contribution in [3.05, 3.63) is 33.5 Å². The fraction of sp³-hybridized carbons (Fsp3) is 0.500. The number of ketones is 1. The first-order valence-corrected chi connectivity index (χ1v) is 7.69. The van der Waals surface area contributed by atoms with Crippen LogP contribution in [-0.4, -0.2) is 29.7 Å². The first kappa shape index (κ1) is 16.6. The molecule has 0 aliphatic carbocycles. The largest absolute Gasteiger partial charge is 0.339 e. The lowest BCUT2D eigenvalue weighted by molar-refractivity contribution is -0.130. The summed E-state index contributed by atoms with van der Waals surface area (Å²) in [6.07, 6.45) is 0.552. The van der Waals surface area contributed by atoms with E-state index in [-0.39, 0.29) is 24.5 Å². The summed E-state index contributed by atoms with van der Waals surface area (Å²) in [7, 11) is 0. The van der Waals surface area contributed by atoms with Gasteiger partial charge in [-0.25, -0.2) is 0 Å². The van der Waals surface area contributed by atoms with Crippen molar-refractivity contribution in [1.29, 1.82) is 0 Å². The van der Waals surface area contributed by atoms with Crippen LogP contribution in [0.25, 0.3) is 0 Å². The Labute approximate surface area is 125 Å². The molecule has 1 aromatic heterocycles. The molecule has 110 valence electrons. The maximum atomic E-state index is 12.1. The van der Waals surface area contributed by atoms with Gasteiger partial charge in [0.15, 0.2) is 5.78 Å². The third-order valence-corrected chi connectivity index (χ3v) is 4.07. The molecule has 0 bridgehead atoms. The summed E-state index contributed by atoms with van der Waals surface area (Å²) in [5.74, 6) is 0.0834. The molecule has 1 aromatic rings. The van der Waals surface area contributed by atoms with Gasteiger partial charge in [-0.1, -0.05) is 12.2 Å². The van der Waals surface area contributed by atoms with Crippen LogP contribution >= 0.6 is 11.3 Å². The van der Waals surface area contributed by atoms with Gasteiger partial charge in [0.25, 0.3) is 0 Å². The zero-order valence-electron chi connectivity index (χ0n) is 12.8. The Kier molecular flexibility index (Phi) is 6.14. The summed E-state index contributed by atoms with van der Waals surface area (Å²) in [5, 5.41) is 0. The second-order valence-electron chi connectivity index (χ2n) is 5.12. The van der Waals surface area contributed by atoms with Gasteiger partial charge in [0, 0.05) is 41.2 Å². The van der Waals surface area contributed by atoms with E-state index in [1.165, 1.54) is 0 Å². The average Bonchev–Trinajstić information content (AvgIpc) is 2.71. The van der Waals surface area contributed by atoms with Gasteiger partial charge in [-0.3, -0.25) is 9.59 Å². The molecule has 0 saturated heterocycles. The number of amides is 1. The highest BCUT2D eigenvalue weighted by molar-refractivity contribution is 7.12. The number of nitrogens with zero attached hydrogens (tertiary/aromatic N) is 1. The number of carbonyl (C=O) groups is 2. The quantitative estimate of drug-likeness (QED) is 0.567. The van der Waals surface area contributed by atoms with Crippen molar-refractivity contribution in [2.45, 2.75) is 40.5 Å². The zero-order valence-corrected chi connectivity index (χ0v) is 13.6. The third-order valence-electron chi connectivity index (χ3n) is 3.10. The molecule has 0 aliphatic heterocycles. The predicted molar refractivity (Wildman–Crippen MR) is 84.4 cm³/mol. The van der Waals surface area contributed by atoms with Crippen molar-refractivity contribution in [2.75, 3.05) is 13.1 Å². The van der Waals surface area contributed by atoms with Crippen molar-refractivity contribution >= 4 is 23.0 Å². The van der Waals surface area contributed by atoms with Gasteiger partial charge in [-0.15, -0.1) is 11.3 Å². The van der Waals surface area contributed by atoms with Crippen molar-refractivity contribution in [3.63, 3.8) is 0 Å². The Morgan fingerprint density at radius 1 is 1.30 bits per heavy atom. The normalized spacial score (nSPS) is 10.4. The summed E-state index contributed by atoms with van der Waals surface area (Å²) in [4.78, 5) is 28.1. The number of hydrogen-bond donors (Lipinski definition) is 0. The predicted octanol–water partition coefficient (Wildman–Crippen LogP) is 3.75. The molecule has 1 rings (SSSR count). The molecule has 0 radical (unpaired) electrons. The molecule has 0 atom stereocenters. The maximum Gasteiger partial charge on any atom is 0.223 e. The Balaban J connectivity index is 2.58. The molecule has 0 unspecified atom stereocenters. The summed E-state index contributed by atoms with van der Waals surface area (Å²) >= 11 is 1.62. The van der Waals surface area contributed by atoms with E-state index in [1.807, 2.05) is 33.8 Å². The highest BCUT2D eigenvalue weighted by Crippen LogP contribution is 2.22. The minimum absolute atomic E-state index is 0.0217. The number of carbonyl (C=O) groups excluding carboxylic acids is 2. The molecule has 0 aliphatic rings. The smallest absolute Gasteiger partial charge is 0.223 e. The number of aryl methyl sites for hydroxylation is 2. The van der Waals surface area contributed by atoms with Gasteiger partial charge in [0.1, 0.15) is 0 Å². The summed E-state index contributed by atoms with van der Waals surface area (Å²) < 4.78 is 0. The lowest BCUT2D eigenvalue weighted by Crippen LogP contribution is -2.32. The standard InChI is InChI=1S/C16H23NO2S/c1-6-17(10-11(2)3)16(19)8-7-15(18)14-9-12(4)20-13(14)5/h9H,2,6-8,10H2,1,3-5H3. The first-order chi connectivity index (χ1) is 9.35. The van der Waals surface area contributed by atoms with E-state index in [1.54, 1.807) is 16.2 Å². The lowest BCUT2D eigenvalue weighted by Gasteiger charge is -2.20. The summed E-state index contributed by atoms with van der Waals surface area (Å²) in [5.41, 5.74) is 1.72. The van der Waals surface area contributed by atoms with Crippen LogP contribution in [0.1, 0.15) is 46.8 Å². The van der Waals surface area contributed by atoms with Gasteiger partial charge < -0.3 is 4.90 Å². The minimum atomic E-state index is 0.0217. The van der Waals surface area contributed by atoms with E-state index < -0.39 is 0 Å². The van der Waals surface area contributed by atoms with Gasteiger partial charge in [0.05, 0.1) is 0 Å². The molecule has 0 fully saturated rings. The molecule has 3 nitrogen and oxygen atoms in total. The molecule has 1 amide bonds. The van der Waals surface area contributed by atoms with Crippen molar-refractivity contribution in [1.82, 2.24) is 4.90 Å². The molecular formula is C16H23NO2S. The van der Waals surface area contributed by atoms with Crippen LogP contribution in [0, 0.1) is 13.8 Å². The van der Waals surface area contributed by atoms with Crippen LogP contribution < -0.4 is 0 Å². The Hall–Kier alpha value is -1.42. The lowest BCUT2D eigenvalue weighted by atomic mass is 10.1. The van der Waals surface area contributed by atoms with E-state index in [0.29, 0.717) is 13.1 Å². The number of likely N-dealkylation sites (N-methyl/N-ethyl adjacent to an activating group) is 1. The Bertz CT molecular complexity index is 517. The van der Waals surface area contributed by atoms with E-state index in [4.69, 9.17) is 0 Å². The molecule has 0 spiro atoms. The van der Waals surface area contributed by atoms with Gasteiger partial charge in [-0.05, 0) is 33.8 Å². The van der Waals surface area contributed by atoms with E-state index in [2.05, 4.69) is 6.58 Å². The topological polar surface area (TPSA) is 37.4 Å². The highest BCUT2D eigenvalue weighted by atomic mass is 32.1. The number of thiophene rings is 1. The van der Waals surface area contributed by atoms with E-state index in [9.17, 15) is 9.59 Å². The van der Waals surface area contributed by atoms with Gasteiger partial charge >= 0.3 is 0 Å². The number of hydrogen-bond acceptors (Lipinski definition) is 3. The van der Waals surface area contributed by atoms with Crippen molar-refractivity contribution in [3.8, 4) is 0 Å². The fourth-order valence-corrected chi connectivity index (χ4v) is 3.07. The highest BCUT2D eigenvalue weighted by Gasteiger charge is 2.16. The molecule has 4 heteroatoms. The second-order valence-corrected chi connectivity index (χ2v) is 6.58. The van der Waals surface area contributed by atoms with E-state index >= 15 is 0 Å². The van der Waals surface area contributed by atoms with Crippen LogP contribution in [0.5, 0.6) is 0 Å². The van der Waals surface area contributed by atoms with Crippen molar-refractivity contribution in [2.24, 2.45) is 0 Å². The van der Waals surface area contributed by atoms with Crippen LogP contribution in [0.3, 0.4) is 0 Å². The SMILES string of the molecule is C=C(C)CN(CC)C(=O)CCC(=O)c1cc(C)sc1C. The van der Waals surface area contributed by atoms with Gasteiger partial charge in [0.2, 0.25) is 5.91 Å². The van der Waals surface area contributed by atoms with Crippen LogP contribution in [0.4, 0.5) is 0 Å². The monoisotopic (exact) mass is 293 g/mol. The molecule has 0 N–H and O–H groups in total. The number of rotatable bonds is 7. The fourth-order valence-electron chi connectivity index (χ4n) is 2.12.